The van der Waals surface area contributed by atoms with E-state index >= 15 is 0 Å². The van der Waals surface area contributed by atoms with Crippen LogP contribution in [0.25, 0.3) is 0 Å². The molecular weight excluding hydrogens is 325 g/mol. The van der Waals surface area contributed by atoms with Crippen LogP contribution in [0, 0.1) is 3.57 Å². The van der Waals surface area contributed by atoms with E-state index in [4.69, 9.17) is 4.74 Å². The van der Waals surface area contributed by atoms with Crippen LogP contribution in [-0.2, 0) is 6.54 Å². The number of nitrogens with one attached hydrogen (secondary N) is 1. The van der Waals surface area contributed by atoms with Gasteiger partial charge in [-0.2, -0.15) is 0 Å². The Kier molecular flexibility index (Phi) is 4.39. The van der Waals surface area contributed by atoms with E-state index in [9.17, 15) is 0 Å². The van der Waals surface area contributed by atoms with Gasteiger partial charge in [-0.05, 0) is 60.0 Å². The molecule has 0 heterocycles. The third-order valence-electron chi connectivity index (χ3n) is 2.38. The lowest BCUT2D eigenvalue weighted by Crippen LogP contribution is -2.06. The Hall–Kier alpha value is -1.07. The molecule has 0 atom stereocenters. The normalized spacial score (nSPS) is 10.2. The Bertz CT molecular complexity index is 482. The van der Waals surface area contributed by atoms with Gasteiger partial charge in [0.25, 0.3) is 0 Å². The first-order chi connectivity index (χ1) is 8.29. The van der Waals surface area contributed by atoms with Crippen molar-refractivity contribution in [1.29, 1.82) is 0 Å². The van der Waals surface area contributed by atoms with Gasteiger partial charge in [0.15, 0.2) is 0 Å². The quantitative estimate of drug-likeness (QED) is 0.856. The van der Waals surface area contributed by atoms with Crippen LogP contribution in [0.4, 0.5) is 0 Å². The second kappa shape index (κ2) is 6.02. The number of rotatable bonds is 4. The zero-order valence-corrected chi connectivity index (χ0v) is 11.8. The van der Waals surface area contributed by atoms with Gasteiger partial charge in [0.05, 0.1) is 0 Å². The van der Waals surface area contributed by atoms with E-state index in [-0.39, 0.29) is 0 Å². The van der Waals surface area contributed by atoms with Crippen molar-refractivity contribution in [1.82, 2.24) is 5.32 Å². The number of para-hydroxylation sites is 1. The monoisotopic (exact) mass is 339 g/mol. The van der Waals surface area contributed by atoms with Crippen molar-refractivity contribution >= 4 is 22.6 Å². The molecule has 17 heavy (non-hydrogen) atoms. The Morgan fingerprint density at radius 3 is 2.47 bits per heavy atom. The molecule has 0 aromatic heterocycles. The fraction of sp³-hybridized carbons (Fsp3) is 0.143. The maximum Gasteiger partial charge on any atom is 0.131 e. The van der Waals surface area contributed by atoms with Crippen molar-refractivity contribution in [2.24, 2.45) is 0 Å². The van der Waals surface area contributed by atoms with Crippen molar-refractivity contribution in [3.05, 3.63) is 57.7 Å². The van der Waals surface area contributed by atoms with Gasteiger partial charge < -0.3 is 10.1 Å². The molecule has 0 unspecified atom stereocenters. The van der Waals surface area contributed by atoms with E-state index in [1.54, 1.807) is 0 Å². The summed E-state index contributed by atoms with van der Waals surface area (Å²) in [4.78, 5) is 0. The van der Waals surface area contributed by atoms with Crippen LogP contribution in [0.5, 0.6) is 11.5 Å². The van der Waals surface area contributed by atoms with Crippen LogP contribution in [0.1, 0.15) is 5.56 Å². The average molecular weight is 339 g/mol. The Morgan fingerprint density at radius 2 is 1.76 bits per heavy atom. The van der Waals surface area contributed by atoms with Gasteiger partial charge >= 0.3 is 0 Å². The van der Waals surface area contributed by atoms with Crippen LogP contribution in [0.15, 0.2) is 48.5 Å². The van der Waals surface area contributed by atoms with E-state index in [2.05, 4.69) is 34.0 Å². The lowest BCUT2D eigenvalue weighted by Gasteiger charge is -2.10. The summed E-state index contributed by atoms with van der Waals surface area (Å²) < 4.78 is 7.08. The summed E-state index contributed by atoms with van der Waals surface area (Å²) in [6.45, 7) is 0.806. The summed E-state index contributed by atoms with van der Waals surface area (Å²) in [5.74, 6) is 1.78. The first-order valence-electron chi connectivity index (χ1n) is 5.45. The van der Waals surface area contributed by atoms with Crippen LogP contribution in [0.3, 0.4) is 0 Å². The highest BCUT2D eigenvalue weighted by Crippen LogP contribution is 2.25. The molecule has 3 heteroatoms. The maximum absolute atomic E-state index is 5.87. The first kappa shape index (κ1) is 12.4. The van der Waals surface area contributed by atoms with Crippen LogP contribution in [-0.4, -0.2) is 7.05 Å². The SMILES string of the molecule is CNCc1ccccc1Oc1ccc(I)cc1. The van der Waals surface area contributed by atoms with Gasteiger partial charge in [0.2, 0.25) is 0 Å². The van der Waals surface area contributed by atoms with Crippen LogP contribution in [0.2, 0.25) is 0 Å². The molecule has 0 saturated carbocycles. The highest BCUT2D eigenvalue weighted by molar-refractivity contribution is 14.1. The summed E-state index contributed by atoms with van der Waals surface area (Å²) in [7, 11) is 1.93. The first-order valence-corrected chi connectivity index (χ1v) is 6.53. The molecule has 2 rings (SSSR count). The second-order valence-corrected chi connectivity index (χ2v) is 4.94. The molecule has 0 saturated heterocycles. The molecule has 0 bridgehead atoms. The van der Waals surface area contributed by atoms with E-state index in [0.29, 0.717) is 0 Å². The molecule has 2 nitrogen and oxygen atoms in total. The van der Waals surface area contributed by atoms with Crippen molar-refractivity contribution in [3.8, 4) is 11.5 Å². The van der Waals surface area contributed by atoms with Crippen LogP contribution < -0.4 is 10.1 Å². The minimum Gasteiger partial charge on any atom is -0.457 e. The summed E-state index contributed by atoms with van der Waals surface area (Å²) >= 11 is 2.28. The van der Waals surface area contributed by atoms with E-state index < -0.39 is 0 Å². The smallest absolute Gasteiger partial charge is 0.131 e. The second-order valence-electron chi connectivity index (χ2n) is 3.69. The summed E-state index contributed by atoms with van der Waals surface area (Å²) in [5.41, 5.74) is 1.16. The van der Waals surface area contributed by atoms with Crippen molar-refractivity contribution in [3.63, 3.8) is 0 Å². The molecule has 2 aromatic carbocycles. The van der Waals surface area contributed by atoms with Crippen molar-refractivity contribution < 1.29 is 4.74 Å². The molecule has 0 spiro atoms. The van der Waals surface area contributed by atoms with Crippen molar-refractivity contribution in [2.75, 3.05) is 7.05 Å². The van der Waals surface area contributed by atoms with Gasteiger partial charge in [-0.25, -0.2) is 0 Å². The molecule has 2 aromatic rings. The number of halogens is 1. The van der Waals surface area contributed by atoms with Gasteiger partial charge in [-0.3, -0.25) is 0 Å². The fourth-order valence-corrected chi connectivity index (χ4v) is 1.93. The predicted molar refractivity (Wildman–Crippen MR) is 78.4 cm³/mol. The van der Waals surface area contributed by atoms with Gasteiger partial charge in [0.1, 0.15) is 11.5 Å². The van der Waals surface area contributed by atoms with Gasteiger partial charge in [-0.1, -0.05) is 18.2 Å². The van der Waals surface area contributed by atoms with E-state index in [1.165, 1.54) is 3.57 Å². The summed E-state index contributed by atoms with van der Waals surface area (Å²) in [6, 6.07) is 16.1. The Morgan fingerprint density at radius 1 is 1.06 bits per heavy atom. The summed E-state index contributed by atoms with van der Waals surface area (Å²) in [5, 5.41) is 3.14. The zero-order valence-electron chi connectivity index (χ0n) is 9.61. The Balaban J connectivity index is 2.20. The average Bonchev–Trinajstić information content (AvgIpc) is 2.35. The van der Waals surface area contributed by atoms with Crippen molar-refractivity contribution in [2.45, 2.75) is 6.54 Å². The summed E-state index contributed by atoms with van der Waals surface area (Å²) in [6.07, 6.45) is 0. The zero-order chi connectivity index (χ0) is 12.1. The maximum atomic E-state index is 5.87. The highest BCUT2D eigenvalue weighted by Gasteiger charge is 2.03. The largest absolute Gasteiger partial charge is 0.457 e. The molecular formula is C14H14INO. The van der Waals surface area contributed by atoms with E-state index in [1.807, 2.05) is 49.5 Å². The number of hydrogen-bond acceptors (Lipinski definition) is 2. The molecule has 0 radical (unpaired) electrons. The number of benzene rings is 2. The minimum absolute atomic E-state index is 0.806. The number of ether oxygens (including phenoxy) is 1. The lowest BCUT2D eigenvalue weighted by molar-refractivity contribution is 0.474. The van der Waals surface area contributed by atoms with Gasteiger partial charge in [-0.15, -0.1) is 0 Å². The standard InChI is InChI=1S/C14H14INO/c1-16-10-11-4-2-3-5-14(11)17-13-8-6-12(15)7-9-13/h2-9,16H,10H2,1H3. The molecule has 0 aliphatic rings. The van der Waals surface area contributed by atoms with Gasteiger partial charge in [0, 0.05) is 15.7 Å². The Labute approximate surface area is 115 Å². The molecule has 1 N–H and O–H groups in total. The molecule has 0 aliphatic carbocycles. The predicted octanol–water partition coefficient (Wildman–Crippen LogP) is 3.80. The fourth-order valence-electron chi connectivity index (χ4n) is 1.57. The van der Waals surface area contributed by atoms with Crippen LogP contribution >= 0.6 is 22.6 Å². The molecule has 88 valence electrons. The lowest BCUT2D eigenvalue weighted by atomic mass is 10.2. The topological polar surface area (TPSA) is 21.3 Å². The number of hydrogen-bond donors (Lipinski definition) is 1. The molecule has 0 amide bonds. The highest BCUT2D eigenvalue weighted by atomic mass is 127. The third kappa shape index (κ3) is 3.44. The van der Waals surface area contributed by atoms with E-state index in [0.717, 1.165) is 23.6 Å². The third-order valence-corrected chi connectivity index (χ3v) is 3.10. The molecule has 0 fully saturated rings. The molecule has 0 aliphatic heterocycles. The minimum atomic E-state index is 0.806.